The second kappa shape index (κ2) is 12.3. The molecule has 0 bridgehead atoms. The zero-order valence-corrected chi connectivity index (χ0v) is 18.5. The van der Waals surface area contributed by atoms with Crippen molar-refractivity contribution in [3.63, 3.8) is 0 Å². The maximum Gasteiger partial charge on any atom is 0.243 e. The monoisotopic (exact) mass is 412 g/mol. The van der Waals surface area contributed by atoms with Crippen LogP contribution in [0.1, 0.15) is 44.7 Å². The average molecular weight is 413 g/mol. The van der Waals surface area contributed by atoms with E-state index in [2.05, 4.69) is 17.4 Å². The fourth-order valence-corrected chi connectivity index (χ4v) is 3.92. The molecule has 2 rings (SSSR count). The summed E-state index contributed by atoms with van der Waals surface area (Å²) in [4.78, 5) is 27.7. The lowest BCUT2D eigenvalue weighted by atomic mass is 10.1. The predicted octanol–water partition coefficient (Wildman–Crippen LogP) is 4.64. The highest BCUT2D eigenvalue weighted by molar-refractivity contribution is 7.99. The quantitative estimate of drug-likeness (QED) is 0.585. The molecule has 0 unspecified atom stereocenters. The first-order chi connectivity index (χ1) is 14.0. The SMILES string of the molecule is CC[C@@H](C)NC(=O)[C@H](CC)N(Cc1ccccc1)C(=O)CSCc1ccccc1. The number of amides is 2. The molecule has 0 aliphatic heterocycles. The van der Waals surface area contributed by atoms with Gasteiger partial charge in [-0.05, 0) is 30.9 Å². The van der Waals surface area contributed by atoms with Crippen molar-refractivity contribution in [1.82, 2.24) is 10.2 Å². The first-order valence-corrected chi connectivity index (χ1v) is 11.5. The Morgan fingerprint density at radius 1 is 0.931 bits per heavy atom. The number of carbonyl (C=O) groups is 2. The minimum atomic E-state index is -0.464. The van der Waals surface area contributed by atoms with Gasteiger partial charge in [-0.3, -0.25) is 9.59 Å². The number of carbonyl (C=O) groups excluding carboxylic acids is 2. The molecule has 0 spiro atoms. The van der Waals surface area contributed by atoms with Crippen LogP contribution in [0.3, 0.4) is 0 Å². The first kappa shape index (κ1) is 23.0. The lowest BCUT2D eigenvalue weighted by Crippen LogP contribution is -2.51. The van der Waals surface area contributed by atoms with Gasteiger partial charge in [0.15, 0.2) is 0 Å². The predicted molar refractivity (Wildman–Crippen MR) is 122 cm³/mol. The van der Waals surface area contributed by atoms with E-state index >= 15 is 0 Å². The Bertz CT molecular complexity index is 752. The molecular weight excluding hydrogens is 380 g/mol. The van der Waals surface area contributed by atoms with Crippen LogP contribution >= 0.6 is 11.8 Å². The Labute approximate surface area is 179 Å². The third-order valence-electron chi connectivity index (χ3n) is 4.92. The van der Waals surface area contributed by atoms with Gasteiger partial charge in [0.25, 0.3) is 0 Å². The van der Waals surface area contributed by atoms with Gasteiger partial charge in [-0.25, -0.2) is 0 Å². The van der Waals surface area contributed by atoms with Crippen LogP contribution in [-0.2, 0) is 21.9 Å². The molecule has 0 radical (unpaired) electrons. The summed E-state index contributed by atoms with van der Waals surface area (Å²) >= 11 is 1.59. The molecule has 4 nitrogen and oxygen atoms in total. The van der Waals surface area contributed by atoms with E-state index in [1.54, 1.807) is 16.7 Å². The van der Waals surface area contributed by atoms with Crippen molar-refractivity contribution < 1.29 is 9.59 Å². The Kier molecular flexibility index (Phi) is 9.78. The van der Waals surface area contributed by atoms with Gasteiger partial charge in [0.1, 0.15) is 6.04 Å². The minimum absolute atomic E-state index is 0.000866. The zero-order valence-electron chi connectivity index (χ0n) is 17.6. The molecule has 29 heavy (non-hydrogen) atoms. The number of nitrogens with one attached hydrogen (secondary N) is 1. The first-order valence-electron chi connectivity index (χ1n) is 10.3. The van der Waals surface area contributed by atoms with Crippen LogP contribution in [0.5, 0.6) is 0 Å². The van der Waals surface area contributed by atoms with Gasteiger partial charge in [-0.15, -0.1) is 11.8 Å². The standard InChI is InChI=1S/C24H32N2O2S/c1-4-19(3)25-24(28)22(5-2)26(16-20-12-8-6-9-13-20)23(27)18-29-17-21-14-10-7-11-15-21/h6-15,19,22H,4-5,16-18H2,1-3H3,(H,25,28)/t19-,22+/m1/s1. The fraction of sp³-hybridized carbons (Fsp3) is 0.417. The third kappa shape index (κ3) is 7.58. The number of nitrogens with zero attached hydrogens (tertiary/aromatic N) is 1. The maximum atomic E-state index is 13.1. The molecule has 0 aromatic heterocycles. The topological polar surface area (TPSA) is 49.4 Å². The van der Waals surface area contributed by atoms with E-state index in [1.807, 2.05) is 69.3 Å². The fourth-order valence-electron chi connectivity index (χ4n) is 3.05. The molecule has 5 heteroatoms. The maximum absolute atomic E-state index is 13.1. The molecule has 0 fully saturated rings. The lowest BCUT2D eigenvalue weighted by Gasteiger charge is -2.31. The largest absolute Gasteiger partial charge is 0.352 e. The third-order valence-corrected chi connectivity index (χ3v) is 5.91. The van der Waals surface area contributed by atoms with E-state index in [1.165, 1.54) is 5.56 Å². The van der Waals surface area contributed by atoms with Crippen LogP contribution in [0, 0.1) is 0 Å². The number of benzene rings is 2. The Morgan fingerprint density at radius 3 is 2.07 bits per heavy atom. The number of thioether (sulfide) groups is 1. The van der Waals surface area contributed by atoms with Gasteiger partial charge in [-0.2, -0.15) is 0 Å². The van der Waals surface area contributed by atoms with Crippen molar-refractivity contribution in [2.24, 2.45) is 0 Å². The molecule has 2 atom stereocenters. The van der Waals surface area contributed by atoms with Crippen molar-refractivity contribution in [2.75, 3.05) is 5.75 Å². The molecule has 2 aromatic carbocycles. The van der Waals surface area contributed by atoms with Crippen molar-refractivity contribution in [3.8, 4) is 0 Å². The van der Waals surface area contributed by atoms with Crippen LogP contribution in [0.15, 0.2) is 60.7 Å². The van der Waals surface area contributed by atoms with Crippen LogP contribution in [0.25, 0.3) is 0 Å². The molecule has 0 aliphatic carbocycles. The summed E-state index contributed by atoms with van der Waals surface area (Å²) < 4.78 is 0. The molecule has 2 amide bonds. The van der Waals surface area contributed by atoms with E-state index < -0.39 is 6.04 Å². The van der Waals surface area contributed by atoms with E-state index in [9.17, 15) is 9.59 Å². The summed E-state index contributed by atoms with van der Waals surface area (Å²) in [6.07, 6.45) is 1.45. The van der Waals surface area contributed by atoms with Gasteiger partial charge in [0.2, 0.25) is 11.8 Å². The van der Waals surface area contributed by atoms with Gasteiger partial charge in [-0.1, -0.05) is 74.5 Å². The van der Waals surface area contributed by atoms with Gasteiger partial charge in [0.05, 0.1) is 5.75 Å². The van der Waals surface area contributed by atoms with Crippen molar-refractivity contribution in [3.05, 3.63) is 71.8 Å². The molecular formula is C24H32N2O2S. The van der Waals surface area contributed by atoms with E-state index in [-0.39, 0.29) is 17.9 Å². The van der Waals surface area contributed by atoms with E-state index in [0.29, 0.717) is 18.7 Å². The van der Waals surface area contributed by atoms with Crippen molar-refractivity contribution >= 4 is 23.6 Å². The summed E-state index contributed by atoms with van der Waals surface area (Å²) in [6.45, 7) is 6.43. The highest BCUT2D eigenvalue weighted by Gasteiger charge is 2.29. The van der Waals surface area contributed by atoms with Crippen LogP contribution < -0.4 is 5.32 Å². The van der Waals surface area contributed by atoms with Gasteiger partial charge >= 0.3 is 0 Å². The highest BCUT2D eigenvalue weighted by Crippen LogP contribution is 2.17. The average Bonchev–Trinajstić information content (AvgIpc) is 2.74. The molecule has 0 aliphatic rings. The summed E-state index contributed by atoms with van der Waals surface area (Å²) in [5.74, 6) is 1.07. The Morgan fingerprint density at radius 2 is 1.52 bits per heavy atom. The molecule has 0 heterocycles. The van der Waals surface area contributed by atoms with Crippen LogP contribution in [0.2, 0.25) is 0 Å². The summed E-state index contributed by atoms with van der Waals surface area (Å²) in [6, 6.07) is 19.6. The Balaban J connectivity index is 2.09. The molecule has 0 saturated carbocycles. The smallest absolute Gasteiger partial charge is 0.243 e. The summed E-state index contributed by atoms with van der Waals surface area (Å²) in [5, 5.41) is 3.04. The normalized spacial score (nSPS) is 12.8. The molecule has 2 aromatic rings. The molecule has 1 N–H and O–H groups in total. The summed E-state index contributed by atoms with van der Waals surface area (Å²) in [5.41, 5.74) is 2.23. The number of hydrogen-bond donors (Lipinski definition) is 1. The van der Waals surface area contributed by atoms with E-state index in [4.69, 9.17) is 0 Å². The second-order valence-corrected chi connectivity index (χ2v) is 8.21. The Hall–Kier alpha value is -2.27. The lowest BCUT2D eigenvalue weighted by molar-refractivity contribution is -0.139. The second-order valence-electron chi connectivity index (χ2n) is 7.23. The molecule has 0 saturated heterocycles. The zero-order chi connectivity index (χ0) is 21.1. The van der Waals surface area contributed by atoms with Crippen LogP contribution in [0.4, 0.5) is 0 Å². The van der Waals surface area contributed by atoms with Crippen molar-refractivity contribution in [2.45, 2.75) is 58.0 Å². The van der Waals surface area contributed by atoms with Gasteiger partial charge in [0, 0.05) is 18.3 Å². The van der Waals surface area contributed by atoms with Gasteiger partial charge < -0.3 is 10.2 Å². The van der Waals surface area contributed by atoms with E-state index in [0.717, 1.165) is 17.7 Å². The summed E-state index contributed by atoms with van der Waals surface area (Å²) in [7, 11) is 0. The number of hydrogen-bond acceptors (Lipinski definition) is 3. The van der Waals surface area contributed by atoms with Crippen molar-refractivity contribution in [1.29, 1.82) is 0 Å². The highest BCUT2D eigenvalue weighted by atomic mass is 32.2. The number of rotatable bonds is 11. The minimum Gasteiger partial charge on any atom is -0.352 e. The molecule has 156 valence electrons. The van der Waals surface area contributed by atoms with Crippen LogP contribution in [-0.4, -0.2) is 34.6 Å².